The lowest BCUT2D eigenvalue weighted by molar-refractivity contribution is 1.20. The molecule has 3 aromatic rings. The summed E-state index contributed by atoms with van der Waals surface area (Å²) in [6.07, 6.45) is 1.86. The van der Waals surface area contributed by atoms with Crippen molar-refractivity contribution in [3.63, 3.8) is 0 Å². The maximum Gasteiger partial charge on any atom is 0.227 e. The molecule has 4 nitrogen and oxygen atoms in total. The number of thiophene rings is 1. The van der Waals surface area contributed by atoms with Crippen LogP contribution in [0.1, 0.15) is 12.5 Å². The molecule has 0 spiro atoms. The van der Waals surface area contributed by atoms with Crippen molar-refractivity contribution in [1.29, 1.82) is 0 Å². The highest BCUT2D eigenvalue weighted by Crippen LogP contribution is 2.24. The van der Waals surface area contributed by atoms with Crippen LogP contribution in [0, 0.1) is 6.92 Å². The van der Waals surface area contributed by atoms with Gasteiger partial charge in [0.25, 0.3) is 0 Å². The van der Waals surface area contributed by atoms with E-state index in [0.717, 1.165) is 33.7 Å². The van der Waals surface area contributed by atoms with Crippen LogP contribution in [0.2, 0.25) is 0 Å². The third-order valence-electron chi connectivity index (χ3n) is 3.06. The second kappa shape index (κ2) is 5.46. The van der Waals surface area contributed by atoms with Crippen molar-refractivity contribution in [2.45, 2.75) is 13.8 Å². The molecule has 0 amide bonds. The first-order valence-electron chi connectivity index (χ1n) is 6.58. The van der Waals surface area contributed by atoms with Crippen molar-refractivity contribution in [3.8, 4) is 0 Å². The third-order valence-corrected chi connectivity index (χ3v) is 3.90. The number of nitrogens with zero attached hydrogens (tertiary/aromatic N) is 2. The fraction of sp³-hybridized carbons (Fsp3) is 0.200. The van der Waals surface area contributed by atoms with Crippen molar-refractivity contribution in [3.05, 3.63) is 41.4 Å². The van der Waals surface area contributed by atoms with Gasteiger partial charge < -0.3 is 10.6 Å². The fourth-order valence-corrected chi connectivity index (χ4v) is 2.76. The molecule has 0 bridgehead atoms. The highest BCUT2D eigenvalue weighted by molar-refractivity contribution is 7.17. The quantitative estimate of drug-likeness (QED) is 0.754. The fourth-order valence-electron chi connectivity index (χ4n) is 2.06. The molecule has 20 heavy (non-hydrogen) atoms. The number of benzene rings is 1. The number of anilines is 3. The summed E-state index contributed by atoms with van der Waals surface area (Å²) >= 11 is 1.65. The van der Waals surface area contributed by atoms with Crippen molar-refractivity contribution in [2.24, 2.45) is 0 Å². The molecule has 2 aromatic heterocycles. The zero-order chi connectivity index (χ0) is 13.9. The molecular weight excluding hydrogens is 268 g/mol. The molecule has 1 aromatic carbocycles. The van der Waals surface area contributed by atoms with Gasteiger partial charge in [0.15, 0.2) is 0 Å². The van der Waals surface area contributed by atoms with Gasteiger partial charge in [-0.15, -0.1) is 11.3 Å². The predicted molar refractivity (Wildman–Crippen MR) is 86.0 cm³/mol. The lowest BCUT2D eigenvalue weighted by atomic mass is 10.2. The molecule has 0 aliphatic heterocycles. The Hall–Kier alpha value is -2.14. The molecule has 0 unspecified atom stereocenters. The molecule has 102 valence electrons. The van der Waals surface area contributed by atoms with Crippen molar-refractivity contribution in [2.75, 3.05) is 17.2 Å². The highest BCUT2D eigenvalue weighted by atomic mass is 32.1. The van der Waals surface area contributed by atoms with E-state index in [4.69, 9.17) is 0 Å². The Morgan fingerprint density at radius 2 is 2.15 bits per heavy atom. The van der Waals surface area contributed by atoms with Crippen molar-refractivity contribution in [1.82, 2.24) is 9.97 Å². The molecule has 0 saturated carbocycles. The Labute approximate surface area is 121 Å². The normalized spacial score (nSPS) is 10.7. The van der Waals surface area contributed by atoms with Crippen LogP contribution >= 0.6 is 11.3 Å². The summed E-state index contributed by atoms with van der Waals surface area (Å²) in [7, 11) is 0. The minimum Gasteiger partial charge on any atom is -0.385 e. The maximum atomic E-state index is 4.50. The van der Waals surface area contributed by atoms with E-state index < -0.39 is 0 Å². The summed E-state index contributed by atoms with van der Waals surface area (Å²) in [5, 5.41) is 8.61. The second-order valence-corrected chi connectivity index (χ2v) is 5.50. The van der Waals surface area contributed by atoms with E-state index in [0.29, 0.717) is 5.95 Å². The summed E-state index contributed by atoms with van der Waals surface area (Å²) in [6.45, 7) is 5.09. The van der Waals surface area contributed by atoms with Gasteiger partial charge in [0.2, 0.25) is 5.95 Å². The van der Waals surface area contributed by atoms with Gasteiger partial charge in [-0.3, -0.25) is 0 Å². The predicted octanol–water partition coefficient (Wildman–Crippen LogP) is 4.18. The van der Waals surface area contributed by atoms with Gasteiger partial charge in [-0.2, -0.15) is 0 Å². The average molecular weight is 284 g/mol. The van der Waals surface area contributed by atoms with Gasteiger partial charge in [0.05, 0.1) is 16.4 Å². The van der Waals surface area contributed by atoms with Crippen LogP contribution in [0.3, 0.4) is 0 Å². The molecule has 0 saturated heterocycles. The van der Waals surface area contributed by atoms with E-state index >= 15 is 0 Å². The standard InChI is InChI=1S/C15H16N4S/c1-3-16-11-4-5-12(10(2)8-11)18-15-17-9-14-13(19-15)6-7-20-14/h4-9,16H,3H2,1-2H3,(H,17,18,19). The van der Waals surface area contributed by atoms with Gasteiger partial charge >= 0.3 is 0 Å². The molecule has 2 heterocycles. The van der Waals surface area contributed by atoms with Gasteiger partial charge in [0.1, 0.15) is 0 Å². The summed E-state index contributed by atoms with van der Waals surface area (Å²) in [5.74, 6) is 0.634. The SMILES string of the molecule is CCNc1ccc(Nc2ncc3sccc3n2)c(C)c1. The van der Waals surface area contributed by atoms with E-state index in [-0.39, 0.29) is 0 Å². The van der Waals surface area contributed by atoms with Crippen molar-refractivity contribution < 1.29 is 0 Å². The van der Waals surface area contributed by atoms with Gasteiger partial charge in [-0.05, 0) is 49.1 Å². The first-order chi connectivity index (χ1) is 9.76. The highest BCUT2D eigenvalue weighted by Gasteiger charge is 2.04. The summed E-state index contributed by atoms with van der Waals surface area (Å²) < 4.78 is 1.11. The van der Waals surface area contributed by atoms with Crippen LogP contribution in [0.4, 0.5) is 17.3 Å². The molecule has 2 N–H and O–H groups in total. The number of nitrogens with one attached hydrogen (secondary N) is 2. The van der Waals surface area contributed by atoms with Crippen LogP contribution in [-0.4, -0.2) is 16.5 Å². The number of hydrogen-bond acceptors (Lipinski definition) is 5. The lowest BCUT2D eigenvalue weighted by Gasteiger charge is -2.10. The Morgan fingerprint density at radius 1 is 1.25 bits per heavy atom. The number of hydrogen-bond donors (Lipinski definition) is 2. The van der Waals surface area contributed by atoms with Gasteiger partial charge in [-0.25, -0.2) is 9.97 Å². The van der Waals surface area contributed by atoms with Crippen LogP contribution < -0.4 is 10.6 Å². The zero-order valence-electron chi connectivity index (χ0n) is 11.5. The number of aryl methyl sites for hydroxylation is 1. The van der Waals surface area contributed by atoms with Crippen LogP contribution in [-0.2, 0) is 0 Å². The molecular formula is C15H16N4S. The van der Waals surface area contributed by atoms with Gasteiger partial charge in [-0.1, -0.05) is 0 Å². The van der Waals surface area contributed by atoms with Crippen molar-refractivity contribution >= 4 is 38.9 Å². The molecule has 0 fully saturated rings. The van der Waals surface area contributed by atoms with E-state index in [1.807, 2.05) is 17.6 Å². The minimum absolute atomic E-state index is 0.634. The molecule has 0 aliphatic rings. The van der Waals surface area contributed by atoms with Crippen LogP contribution in [0.15, 0.2) is 35.8 Å². The molecule has 0 radical (unpaired) electrons. The minimum atomic E-state index is 0.634. The Balaban J connectivity index is 1.86. The van der Waals surface area contributed by atoms with E-state index in [1.54, 1.807) is 11.3 Å². The number of fused-ring (bicyclic) bond motifs is 1. The largest absolute Gasteiger partial charge is 0.385 e. The van der Waals surface area contributed by atoms with Crippen LogP contribution in [0.25, 0.3) is 10.2 Å². The lowest BCUT2D eigenvalue weighted by Crippen LogP contribution is -2.00. The smallest absolute Gasteiger partial charge is 0.227 e. The maximum absolute atomic E-state index is 4.50. The van der Waals surface area contributed by atoms with E-state index in [2.05, 4.69) is 52.6 Å². The number of rotatable bonds is 4. The van der Waals surface area contributed by atoms with Gasteiger partial charge in [0, 0.05) is 17.9 Å². The summed E-state index contributed by atoms with van der Waals surface area (Å²) in [4.78, 5) is 8.85. The molecule has 0 aliphatic carbocycles. The Bertz CT molecular complexity index is 736. The molecule has 0 atom stereocenters. The summed E-state index contributed by atoms with van der Waals surface area (Å²) in [5.41, 5.74) is 4.30. The molecule has 3 rings (SSSR count). The Kier molecular flexibility index (Phi) is 3.52. The number of aromatic nitrogens is 2. The summed E-state index contributed by atoms with van der Waals surface area (Å²) in [6, 6.07) is 8.24. The van der Waals surface area contributed by atoms with E-state index in [1.165, 1.54) is 0 Å². The Morgan fingerprint density at radius 3 is 2.95 bits per heavy atom. The van der Waals surface area contributed by atoms with Crippen LogP contribution in [0.5, 0.6) is 0 Å². The van der Waals surface area contributed by atoms with E-state index in [9.17, 15) is 0 Å². The first kappa shape index (κ1) is 12.9. The second-order valence-electron chi connectivity index (χ2n) is 4.55. The third kappa shape index (κ3) is 2.58. The monoisotopic (exact) mass is 284 g/mol. The zero-order valence-corrected chi connectivity index (χ0v) is 12.3. The first-order valence-corrected chi connectivity index (χ1v) is 7.46. The molecule has 5 heteroatoms. The topological polar surface area (TPSA) is 49.8 Å². The average Bonchev–Trinajstić information content (AvgIpc) is 2.90.